The molecule has 0 bridgehead atoms. The summed E-state index contributed by atoms with van der Waals surface area (Å²) in [7, 11) is 0. The highest BCUT2D eigenvalue weighted by Crippen LogP contribution is 2.28. The minimum absolute atomic E-state index is 0.164. The van der Waals surface area contributed by atoms with E-state index in [9.17, 15) is 4.79 Å². The molecule has 2 atom stereocenters. The van der Waals surface area contributed by atoms with Crippen LogP contribution in [-0.4, -0.2) is 31.6 Å². The first-order chi connectivity index (χ1) is 8.11. The number of rotatable bonds is 2. The van der Waals surface area contributed by atoms with Gasteiger partial charge in [-0.1, -0.05) is 17.7 Å². The fourth-order valence-electron chi connectivity index (χ4n) is 2.29. The first-order valence-corrected chi connectivity index (χ1v) is 6.13. The summed E-state index contributed by atoms with van der Waals surface area (Å²) in [6, 6.07) is 5.54. The predicted molar refractivity (Wildman–Crippen MR) is 69.1 cm³/mol. The van der Waals surface area contributed by atoms with Crippen molar-refractivity contribution < 1.29 is 9.53 Å². The number of carbonyl (C=O) groups is 1. The van der Waals surface area contributed by atoms with Crippen molar-refractivity contribution in [2.45, 2.75) is 26.1 Å². The van der Waals surface area contributed by atoms with Crippen LogP contribution in [0, 0.1) is 0 Å². The molecular weight excluding hydrogens is 238 g/mol. The van der Waals surface area contributed by atoms with E-state index in [-0.39, 0.29) is 12.2 Å². The van der Waals surface area contributed by atoms with Gasteiger partial charge in [0.25, 0.3) is 0 Å². The van der Waals surface area contributed by atoms with Gasteiger partial charge < -0.3 is 9.64 Å². The molecule has 92 valence electrons. The molecule has 4 heteroatoms. The van der Waals surface area contributed by atoms with Gasteiger partial charge in [-0.3, -0.25) is 4.79 Å². The molecule has 1 aliphatic heterocycles. The van der Waals surface area contributed by atoms with E-state index in [0.717, 1.165) is 25.1 Å². The maximum absolute atomic E-state index is 11.1. The molecule has 1 saturated heterocycles. The van der Waals surface area contributed by atoms with Crippen molar-refractivity contribution in [1.82, 2.24) is 0 Å². The van der Waals surface area contributed by atoms with Crippen LogP contribution >= 0.6 is 11.6 Å². The molecule has 1 fully saturated rings. The quantitative estimate of drug-likeness (QED) is 0.759. The SMILES string of the molecule is C[C@@H]1CN(c2cccc(Cl)c2C=O)C[C@H](C)O1. The summed E-state index contributed by atoms with van der Waals surface area (Å²) in [5.41, 5.74) is 1.46. The Morgan fingerprint density at radius 1 is 1.35 bits per heavy atom. The number of benzene rings is 1. The monoisotopic (exact) mass is 253 g/mol. The van der Waals surface area contributed by atoms with Gasteiger partial charge >= 0.3 is 0 Å². The highest BCUT2D eigenvalue weighted by molar-refractivity contribution is 6.33. The van der Waals surface area contributed by atoms with Crippen LogP contribution in [-0.2, 0) is 4.74 Å². The van der Waals surface area contributed by atoms with E-state index in [0.29, 0.717) is 10.6 Å². The van der Waals surface area contributed by atoms with Crippen molar-refractivity contribution >= 4 is 23.6 Å². The zero-order chi connectivity index (χ0) is 12.4. The maximum Gasteiger partial charge on any atom is 0.153 e. The third-order valence-corrected chi connectivity index (χ3v) is 3.24. The van der Waals surface area contributed by atoms with Gasteiger partial charge in [0.1, 0.15) is 0 Å². The van der Waals surface area contributed by atoms with Crippen LogP contribution in [0.1, 0.15) is 24.2 Å². The number of anilines is 1. The molecule has 1 aromatic rings. The molecule has 2 rings (SSSR count). The van der Waals surface area contributed by atoms with Crippen molar-refractivity contribution in [1.29, 1.82) is 0 Å². The van der Waals surface area contributed by atoms with Crippen LogP contribution in [0.15, 0.2) is 18.2 Å². The minimum atomic E-state index is 0.164. The number of hydrogen-bond acceptors (Lipinski definition) is 3. The van der Waals surface area contributed by atoms with E-state index in [2.05, 4.69) is 4.90 Å². The molecule has 0 saturated carbocycles. The lowest BCUT2D eigenvalue weighted by atomic mass is 10.1. The molecule has 0 aliphatic carbocycles. The lowest BCUT2D eigenvalue weighted by molar-refractivity contribution is -0.00525. The van der Waals surface area contributed by atoms with Gasteiger partial charge in [0, 0.05) is 18.8 Å². The highest BCUT2D eigenvalue weighted by atomic mass is 35.5. The Bertz CT molecular complexity index is 412. The summed E-state index contributed by atoms with van der Waals surface area (Å²) >= 11 is 6.03. The summed E-state index contributed by atoms with van der Waals surface area (Å²) in [6.07, 6.45) is 1.15. The third-order valence-electron chi connectivity index (χ3n) is 2.91. The largest absolute Gasteiger partial charge is 0.372 e. The number of hydrogen-bond donors (Lipinski definition) is 0. The topological polar surface area (TPSA) is 29.5 Å². The van der Waals surface area contributed by atoms with Gasteiger partial charge in [0.15, 0.2) is 6.29 Å². The van der Waals surface area contributed by atoms with Gasteiger partial charge in [-0.25, -0.2) is 0 Å². The average molecular weight is 254 g/mol. The van der Waals surface area contributed by atoms with E-state index in [1.54, 1.807) is 6.07 Å². The van der Waals surface area contributed by atoms with E-state index in [1.807, 2.05) is 26.0 Å². The fraction of sp³-hybridized carbons (Fsp3) is 0.462. The lowest BCUT2D eigenvalue weighted by Crippen LogP contribution is -2.45. The Labute approximate surface area is 106 Å². The average Bonchev–Trinajstić information content (AvgIpc) is 2.27. The summed E-state index contributed by atoms with van der Waals surface area (Å²) in [6.45, 7) is 5.64. The first-order valence-electron chi connectivity index (χ1n) is 5.76. The molecule has 1 heterocycles. The summed E-state index contributed by atoms with van der Waals surface area (Å²) in [5, 5.41) is 0.504. The summed E-state index contributed by atoms with van der Waals surface area (Å²) in [4.78, 5) is 13.3. The van der Waals surface area contributed by atoms with Crippen LogP contribution in [0.4, 0.5) is 5.69 Å². The van der Waals surface area contributed by atoms with Crippen molar-refractivity contribution in [2.75, 3.05) is 18.0 Å². The van der Waals surface area contributed by atoms with Crippen molar-refractivity contribution in [3.63, 3.8) is 0 Å². The second-order valence-electron chi connectivity index (χ2n) is 4.45. The summed E-state index contributed by atoms with van der Waals surface area (Å²) in [5.74, 6) is 0. The molecule has 3 nitrogen and oxygen atoms in total. The van der Waals surface area contributed by atoms with Crippen molar-refractivity contribution in [3.8, 4) is 0 Å². The van der Waals surface area contributed by atoms with Gasteiger partial charge in [0.05, 0.1) is 22.8 Å². The Hall–Kier alpha value is -1.06. The number of aldehydes is 1. The van der Waals surface area contributed by atoms with Gasteiger partial charge in [-0.2, -0.15) is 0 Å². The zero-order valence-corrected chi connectivity index (χ0v) is 10.8. The van der Waals surface area contributed by atoms with Gasteiger partial charge in [-0.15, -0.1) is 0 Å². The molecule has 17 heavy (non-hydrogen) atoms. The highest BCUT2D eigenvalue weighted by Gasteiger charge is 2.24. The van der Waals surface area contributed by atoms with Crippen LogP contribution in [0.3, 0.4) is 0 Å². The lowest BCUT2D eigenvalue weighted by Gasteiger charge is -2.37. The van der Waals surface area contributed by atoms with E-state index >= 15 is 0 Å². The second-order valence-corrected chi connectivity index (χ2v) is 4.86. The Balaban J connectivity index is 2.33. The van der Waals surface area contributed by atoms with E-state index < -0.39 is 0 Å². The Morgan fingerprint density at radius 2 is 2.00 bits per heavy atom. The number of carbonyl (C=O) groups excluding carboxylic acids is 1. The standard InChI is InChI=1S/C13H16ClNO2/c1-9-6-15(7-10(2)17-9)13-5-3-4-12(14)11(13)8-16/h3-5,8-10H,6-7H2,1-2H3/t9-,10+. The van der Waals surface area contributed by atoms with Crippen LogP contribution in [0.2, 0.25) is 5.02 Å². The molecule has 0 unspecified atom stereocenters. The Kier molecular flexibility index (Phi) is 3.69. The fourth-order valence-corrected chi connectivity index (χ4v) is 2.51. The maximum atomic E-state index is 11.1. The zero-order valence-electron chi connectivity index (χ0n) is 10.0. The molecule has 1 aliphatic rings. The normalized spacial score (nSPS) is 24.8. The first kappa shape index (κ1) is 12.4. The summed E-state index contributed by atoms with van der Waals surface area (Å²) < 4.78 is 5.68. The van der Waals surface area contributed by atoms with Gasteiger partial charge in [0.2, 0.25) is 0 Å². The number of halogens is 1. The predicted octanol–water partition coefficient (Wildman–Crippen LogP) is 2.77. The van der Waals surface area contributed by atoms with Crippen LogP contribution in [0.5, 0.6) is 0 Å². The number of morpholine rings is 1. The van der Waals surface area contributed by atoms with Gasteiger partial charge in [-0.05, 0) is 26.0 Å². The molecule has 0 spiro atoms. The van der Waals surface area contributed by atoms with E-state index in [4.69, 9.17) is 16.3 Å². The van der Waals surface area contributed by atoms with E-state index in [1.165, 1.54) is 0 Å². The van der Waals surface area contributed by atoms with Crippen molar-refractivity contribution in [3.05, 3.63) is 28.8 Å². The smallest absolute Gasteiger partial charge is 0.153 e. The Morgan fingerprint density at radius 3 is 2.59 bits per heavy atom. The minimum Gasteiger partial charge on any atom is -0.372 e. The molecule has 0 aromatic heterocycles. The van der Waals surface area contributed by atoms with Crippen LogP contribution in [0.25, 0.3) is 0 Å². The van der Waals surface area contributed by atoms with Crippen LogP contribution < -0.4 is 4.90 Å². The molecule has 0 N–H and O–H groups in total. The molecule has 0 amide bonds. The molecule has 1 aromatic carbocycles. The number of nitrogens with zero attached hydrogens (tertiary/aromatic N) is 1. The third kappa shape index (κ3) is 2.61. The van der Waals surface area contributed by atoms with Crippen molar-refractivity contribution in [2.24, 2.45) is 0 Å². The molecular formula is C13H16ClNO2. The molecule has 0 radical (unpaired) electrons. The second kappa shape index (κ2) is 5.07. The number of ether oxygens (including phenoxy) is 1.